The van der Waals surface area contributed by atoms with E-state index < -0.39 is 11.8 Å². The first-order valence-electron chi connectivity index (χ1n) is 8.01. The lowest BCUT2D eigenvalue weighted by molar-refractivity contribution is -0.123. The molecule has 0 saturated carbocycles. The first-order valence-corrected chi connectivity index (χ1v) is 8.01. The van der Waals surface area contributed by atoms with E-state index in [9.17, 15) is 9.59 Å². The Hall–Kier alpha value is -3.67. The van der Waals surface area contributed by atoms with Gasteiger partial charge in [-0.15, -0.1) is 0 Å². The standard InChI is InChI=1S/C20H17N3O3/c24-19(22-23-20(25)17-11-6-7-13-21-17)14-26-18-12-5-4-10-16(18)15-8-2-1-3-9-15/h1-13H,14H2,(H,22,24)(H,23,25). The maximum absolute atomic E-state index is 11.9. The molecule has 0 unspecified atom stereocenters. The summed E-state index contributed by atoms with van der Waals surface area (Å²) in [6, 6.07) is 22.1. The van der Waals surface area contributed by atoms with Crippen LogP contribution < -0.4 is 15.6 Å². The highest BCUT2D eigenvalue weighted by Crippen LogP contribution is 2.29. The van der Waals surface area contributed by atoms with E-state index in [2.05, 4.69) is 15.8 Å². The van der Waals surface area contributed by atoms with E-state index in [0.29, 0.717) is 5.75 Å². The molecule has 6 heteroatoms. The second-order valence-electron chi connectivity index (χ2n) is 5.37. The van der Waals surface area contributed by atoms with Gasteiger partial charge in [0.05, 0.1) is 0 Å². The molecule has 6 nitrogen and oxygen atoms in total. The van der Waals surface area contributed by atoms with Crippen molar-refractivity contribution in [3.63, 3.8) is 0 Å². The lowest BCUT2D eigenvalue weighted by atomic mass is 10.1. The molecule has 0 fully saturated rings. The highest BCUT2D eigenvalue weighted by atomic mass is 16.5. The third kappa shape index (κ3) is 4.45. The SMILES string of the molecule is O=C(COc1ccccc1-c1ccccc1)NNC(=O)c1ccccn1. The molecule has 0 saturated heterocycles. The lowest BCUT2D eigenvalue weighted by Crippen LogP contribution is -2.44. The summed E-state index contributed by atoms with van der Waals surface area (Å²) in [6.45, 7) is -0.230. The number of hydrazine groups is 1. The number of benzene rings is 2. The highest BCUT2D eigenvalue weighted by molar-refractivity contribution is 5.93. The number of nitrogens with zero attached hydrogens (tertiary/aromatic N) is 1. The fourth-order valence-electron chi connectivity index (χ4n) is 2.32. The van der Waals surface area contributed by atoms with E-state index in [-0.39, 0.29) is 12.3 Å². The number of hydrogen-bond acceptors (Lipinski definition) is 4. The van der Waals surface area contributed by atoms with Crippen LogP contribution in [0.1, 0.15) is 10.5 Å². The molecule has 0 aliphatic rings. The van der Waals surface area contributed by atoms with Gasteiger partial charge in [-0.1, -0.05) is 54.6 Å². The van der Waals surface area contributed by atoms with Crippen molar-refractivity contribution in [3.8, 4) is 16.9 Å². The molecule has 0 aliphatic heterocycles. The first kappa shape index (κ1) is 17.2. The van der Waals surface area contributed by atoms with Gasteiger partial charge in [0.1, 0.15) is 11.4 Å². The summed E-state index contributed by atoms with van der Waals surface area (Å²) < 4.78 is 5.61. The van der Waals surface area contributed by atoms with Gasteiger partial charge in [0.25, 0.3) is 11.8 Å². The highest BCUT2D eigenvalue weighted by Gasteiger charge is 2.10. The van der Waals surface area contributed by atoms with Crippen molar-refractivity contribution < 1.29 is 14.3 Å². The van der Waals surface area contributed by atoms with Crippen LogP contribution in [-0.4, -0.2) is 23.4 Å². The van der Waals surface area contributed by atoms with Crippen LogP contribution in [0.3, 0.4) is 0 Å². The fraction of sp³-hybridized carbons (Fsp3) is 0.0500. The van der Waals surface area contributed by atoms with Crippen molar-refractivity contribution in [3.05, 3.63) is 84.7 Å². The Labute approximate surface area is 150 Å². The van der Waals surface area contributed by atoms with Crippen LogP contribution in [-0.2, 0) is 4.79 Å². The molecular formula is C20H17N3O3. The number of carbonyl (C=O) groups excluding carboxylic acids is 2. The number of carbonyl (C=O) groups is 2. The topological polar surface area (TPSA) is 80.3 Å². The Morgan fingerprint density at radius 3 is 2.35 bits per heavy atom. The second kappa shape index (κ2) is 8.43. The van der Waals surface area contributed by atoms with Gasteiger partial charge in [0.2, 0.25) is 0 Å². The Morgan fingerprint density at radius 2 is 1.58 bits per heavy atom. The van der Waals surface area contributed by atoms with Crippen molar-refractivity contribution in [2.75, 3.05) is 6.61 Å². The quantitative estimate of drug-likeness (QED) is 0.695. The molecule has 1 aromatic heterocycles. The van der Waals surface area contributed by atoms with Crippen molar-refractivity contribution >= 4 is 11.8 Å². The number of ether oxygens (including phenoxy) is 1. The number of hydrogen-bond donors (Lipinski definition) is 2. The minimum absolute atomic E-state index is 0.211. The number of pyridine rings is 1. The fourth-order valence-corrected chi connectivity index (χ4v) is 2.32. The van der Waals surface area contributed by atoms with Crippen molar-refractivity contribution in [1.82, 2.24) is 15.8 Å². The zero-order chi connectivity index (χ0) is 18.2. The number of para-hydroxylation sites is 1. The molecule has 0 atom stereocenters. The molecule has 130 valence electrons. The summed E-state index contributed by atoms with van der Waals surface area (Å²) in [5, 5.41) is 0. The smallest absolute Gasteiger partial charge is 0.288 e. The summed E-state index contributed by atoms with van der Waals surface area (Å²) in [7, 11) is 0. The van der Waals surface area contributed by atoms with Crippen LogP contribution in [0.2, 0.25) is 0 Å². The molecular weight excluding hydrogens is 330 g/mol. The monoisotopic (exact) mass is 347 g/mol. The Kier molecular flexibility index (Phi) is 5.57. The van der Waals surface area contributed by atoms with Crippen LogP contribution in [0.5, 0.6) is 5.75 Å². The van der Waals surface area contributed by atoms with Crippen LogP contribution in [0.25, 0.3) is 11.1 Å². The van der Waals surface area contributed by atoms with Gasteiger partial charge in [-0.3, -0.25) is 25.4 Å². The number of amides is 2. The van der Waals surface area contributed by atoms with Crippen LogP contribution in [0, 0.1) is 0 Å². The summed E-state index contributed by atoms with van der Waals surface area (Å²) in [4.78, 5) is 27.7. The minimum atomic E-state index is -0.497. The molecule has 0 spiro atoms. The molecule has 26 heavy (non-hydrogen) atoms. The zero-order valence-electron chi connectivity index (χ0n) is 13.9. The van der Waals surface area contributed by atoms with Crippen LogP contribution >= 0.6 is 0 Å². The summed E-state index contributed by atoms with van der Waals surface area (Å²) in [5.74, 6) is -0.384. The molecule has 2 amide bonds. The van der Waals surface area contributed by atoms with Crippen molar-refractivity contribution in [2.24, 2.45) is 0 Å². The predicted octanol–water partition coefficient (Wildman–Crippen LogP) is 2.59. The first-order chi connectivity index (χ1) is 12.7. The number of nitrogens with one attached hydrogen (secondary N) is 2. The number of rotatable bonds is 5. The average molecular weight is 347 g/mol. The largest absolute Gasteiger partial charge is 0.483 e. The van der Waals surface area contributed by atoms with Gasteiger partial charge in [-0.05, 0) is 23.8 Å². The summed E-state index contributed by atoms with van der Waals surface area (Å²) in [5.41, 5.74) is 6.70. The molecule has 0 radical (unpaired) electrons. The van der Waals surface area contributed by atoms with Gasteiger partial charge < -0.3 is 4.74 Å². The van der Waals surface area contributed by atoms with Gasteiger partial charge in [0, 0.05) is 11.8 Å². The van der Waals surface area contributed by atoms with Gasteiger partial charge in [0.15, 0.2) is 6.61 Å². The van der Waals surface area contributed by atoms with E-state index in [1.807, 2.05) is 48.5 Å². The minimum Gasteiger partial charge on any atom is -0.483 e. The Bertz CT molecular complexity index is 883. The molecule has 2 N–H and O–H groups in total. The molecule has 1 heterocycles. The third-order valence-electron chi connectivity index (χ3n) is 3.54. The van der Waals surface area contributed by atoms with E-state index in [1.54, 1.807) is 24.3 Å². The van der Waals surface area contributed by atoms with E-state index in [0.717, 1.165) is 11.1 Å². The maximum Gasteiger partial charge on any atom is 0.288 e. The molecule has 0 aliphatic carbocycles. The molecule has 2 aromatic carbocycles. The molecule has 3 aromatic rings. The van der Waals surface area contributed by atoms with Crippen LogP contribution in [0.15, 0.2) is 79.0 Å². The molecule has 3 rings (SSSR count). The normalized spacial score (nSPS) is 10.0. The summed E-state index contributed by atoms with van der Waals surface area (Å²) >= 11 is 0. The van der Waals surface area contributed by atoms with Crippen molar-refractivity contribution in [2.45, 2.75) is 0 Å². The van der Waals surface area contributed by atoms with E-state index in [4.69, 9.17) is 4.74 Å². The predicted molar refractivity (Wildman–Crippen MR) is 97.2 cm³/mol. The second-order valence-corrected chi connectivity index (χ2v) is 5.37. The molecule has 0 bridgehead atoms. The van der Waals surface area contributed by atoms with Crippen LogP contribution in [0.4, 0.5) is 0 Å². The van der Waals surface area contributed by atoms with E-state index >= 15 is 0 Å². The van der Waals surface area contributed by atoms with E-state index in [1.165, 1.54) is 6.20 Å². The summed E-state index contributed by atoms with van der Waals surface area (Å²) in [6.07, 6.45) is 1.50. The van der Waals surface area contributed by atoms with Gasteiger partial charge in [-0.25, -0.2) is 0 Å². The average Bonchev–Trinajstić information content (AvgIpc) is 2.72. The Morgan fingerprint density at radius 1 is 0.846 bits per heavy atom. The third-order valence-corrected chi connectivity index (χ3v) is 3.54. The lowest BCUT2D eigenvalue weighted by Gasteiger charge is -2.12. The van der Waals surface area contributed by atoms with Gasteiger partial charge >= 0.3 is 0 Å². The Balaban J connectivity index is 1.56. The zero-order valence-corrected chi connectivity index (χ0v) is 13.9. The number of aromatic nitrogens is 1. The van der Waals surface area contributed by atoms with Gasteiger partial charge in [-0.2, -0.15) is 0 Å². The van der Waals surface area contributed by atoms with Crippen molar-refractivity contribution in [1.29, 1.82) is 0 Å². The maximum atomic E-state index is 11.9.